The maximum Gasteiger partial charge on any atom is 0.161 e. The van der Waals surface area contributed by atoms with Gasteiger partial charge >= 0.3 is 0 Å². The van der Waals surface area contributed by atoms with Gasteiger partial charge in [-0.05, 0) is 19.9 Å². The van der Waals surface area contributed by atoms with E-state index in [4.69, 9.17) is 10.6 Å². The number of hydrogen-bond donors (Lipinski definition) is 2. The summed E-state index contributed by atoms with van der Waals surface area (Å²) in [5, 5.41) is 4.34. The molecule has 1 rings (SSSR count). The summed E-state index contributed by atoms with van der Waals surface area (Å²) in [7, 11) is 1.64. The van der Waals surface area contributed by atoms with Crippen molar-refractivity contribution in [3.8, 4) is 0 Å². The van der Waals surface area contributed by atoms with Crippen LogP contribution in [0.3, 0.4) is 0 Å². The number of nitrogens with one attached hydrogen (secondary N) is 1. The van der Waals surface area contributed by atoms with Crippen molar-refractivity contribution in [1.29, 1.82) is 0 Å². The molecule has 0 saturated carbocycles. The summed E-state index contributed by atoms with van der Waals surface area (Å²) in [5.74, 6) is 6.10. The van der Waals surface area contributed by atoms with Crippen molar-refractivity contribution in [2.45, 2.75) is 20.4 Å². The smallest absolute Gasteiger partial charge is 0.161 e. The Labute approximate surface area is 95.5 Å². The van der Waals surface area contributed by atoms with Crippen LogP contribution in [-0.2, 0) is 11.3 Å². The molecule has 0 aliphatic carbocycles. The fourth-order valence-corrected chi connectivity index (χ4v) is 1.43. The lowest BCUT2D eigenvalue weighted by Gasteiger charge is -2.07. The molecule has 1 aromatic heterocycles. The summed E-state index contributed by atoms with van der Waals surface area (Å²) < 4.78 is 6.80. The minimum Gasteiger partial charge on any atom is -0.383 e. The number of aliphatic imine (C=N–C) groups is 1. The predicted octanol–water partition coefficient (Wildman–Crippen LogP) is 0.0677. The molecule has 6 nitrogen and oxygen atoms in total. The van der Waals surface area contributed by atoms with E-state index in [0.717, 1.165) is 17.9 Å². The molecule has 3 N–H and O–H groups in total. The molecule has 90 valence electrons. The van der Waals surface area contributed by atoms with Gasteiger partial charge in [0.05, 0.1) is 18.8 Å². The molecule has 0 aliphatic rings. The summed E-state index contributed by atoms with van der Waals surface area (Å²) in [6, 6.07) is 1.95. The fourth-order valence-electron chi connectivity index (χ4n) is 1.43. The van der Waals surface area contributed by atoms with Crippen LogP contribution in [-0.4, -0.2) is 35.9 Å². The van der Waals surface area contributed by atoms with Crippen LogP contribution in [0.15, 0.2) is 11.1 Å². The lowest BCUT2D eigenvalue weighted by Crippen LogP contribution is -2.33. The predicted molar refractivity (Wildman–Crippen MR) is 63.2 cm³/mol. The largest absolute Gasteiger partial charge is 0.383 e. The summed E-state index contributed by atoms with van der Waals surface area (Å²) in [6.07, 6.45) is 0. The van der Waals surface area contributed by atoms with Crippen LogP contribution in [0.2, 0.25) is 0 Å². The Bertz CT molecular complexity index is 358. The van der Waals surface area contributed by atoms with E-state index in [1.54, 1.807) is 7.11 Å². The van der Waals surface area contributed by atoms with Crippen LogP contribution >= 0.6 is 0 Å². The summed E-state index contributed by atoms with van der Waals surface area (Å²) in [6.45, 7) is 5.90. The maximum atomic E-state index is 5.46. The van der Waals surface area contributed by atoms with Crippen molar-refractivity contribution >= 4 is 5.84 Å². The average Bonchev–Trinajstić information content (AvgIpc) is 2.66. The lowest BCUT2D eigenvalue weighted by atomic mass is 10.3. The van der Waals surface area contributed by atoms with E-state index in [0.29, 0.717) is 19.0 Å². The summed E-state index contributed by atoms with van der Waals surface area (Å²) in [5.41, 5.74) is 4.45. The van der Waals surface area contributed by atoms with Gasteiger partial charge in [-0.1, -0.05) is 0 Å². The van der Waals surface area contributed by atoms with Gasteiger partial charge < -0.3 is 10.2 Å². The molecule has 0 radical (unpaired) electrons. The van der Waals surface area contributed by atoms with Gasteiger partial charge in [-0.15, -0.1) is 0 Å². The molecule has 0 fully saturated rings. The van der Waals surface area contributed by atoms with E-state index < -0.39 is 0 Å². The topological polar surface area (TPSA) is 77.5 Å². The third kappa shape index (κ3) is 3.04. The first-order valence-corrected chi connectivity index (χ1v) is 5.27. The van der Waals surface area contributed by atoms with Crippen molar-refractivity contribution in [2.75, 3.05) is 20.3 Å². The second kappa shape index (κ2) is 6.24. The Morgan fingerprint density at radius 1 is 1.69 bits per heavy atom. The van der Waals surface area contributed by atoms with Crippen LogP contribution < -0.4 is 11.3 Å². The normalized spacial score (nSPS) is 11.9. The number of nitrogens with zero attached hydrogens (tertiary/aromatic N) is 3. The van der Waals surface area contributed by atoms with Crippen LogP contribution in [0.1, 0.15) is 18.3 Å². The molecule has 1 aromatic rings. The molecule has 0 saturated heterocycles. The molecule has 0 atom stereocenters. The van der Waals surface area contributed by atoms with Crippen molar-refractivity contribution in [2.24, 2.45) is 10.8 Å². The third-order valence-electron chi connectivity index (χ3n) is 2.15. The Morgan fingerprint density at radius 2 is 2.44 bits per heavy atom. The number of ether oxygens (including phenoxy) is 1. The standard InChI is InChI=1S/C10H19N5O/c1-4-15-9(7-8(2)14-15)10(13-11)12-5-6-16-3/h7H,4-6,11H2,1-3H3,(H,12,13). The summed E-state index contributed by atoms with van der Waals surface area (Å²) >= 11 is 0. The van der Waals surface area contributed by atoms with E-state index in [1.165, 1.54) is 0 Å². The van der Waals surface area contributed by atoms with Gasteiger partial charge in [0.25, 0.3) is 0 Å². The van der Waals surface area contributed by atoms with Crippen LogP contribution in [0, 0.1) is 6.92 Å². The zero-order valence-corrected chi connectivity index (χ0v) is 10.0. The summed E-state index contributed by atoms with van der Waals surface area (Å²) in [4.78, 5) is 4.32. The highest BCUT2D eigenvalue weighted by atomic mass is 16.5. The lowest BCUT2D eigenvalue weighted by molar-refractivity contribution is 0.208. The molecule has 16 heavy (non-hydrogen) atoms. The number of hydrazine groups is 1. The number of aryl methyl sites for hydroxylation is 2. The number of hydrogen-bond acceptors (Lipinski definition) is 4. The SMILES string of the molecule is CCn1nc(C)cc1C(=NCCOC)NN. The molecule has 0 spiro atoms. The number of amidine groups is 1. The quantitative estimate of drug-likeness (QED) is 0.244. The molecule has 1 heterocycles. The maximum absolute atomic E-state index is 5.46. The molecule has 0 unspecified atom stereocenters. The minimum atomic E-state index is 0.573. The van der Waals surface area contributed by atoms with Crippen LogP contribution in [0.4, 0.5) is 0 Å². The minimum absolute atomic E-state index is 0.573. The van der Waals surface area contributed by atoms with Crippen LogP contribution in [0.5, 0.6) is 0 Å². The average molecular weight is 225 g/mol. The van der Waals surface area contributed by atoms with Gasteiger partial charge in [0, 0.05) is 13.7 Å². The van der Waals surface area contributed by atoms with Gasteiger partial charge in [0.15, 0.2) is 5.84 Å². The Kier molecular flexibility index (Phi) is 4.94. The monoisotopic (exact) mass is 225 g/mol. The Morgan fingerprint density at radius 3 is 3.00 bits per heavy atom. The molecular weight excluding hydrogens is 206 g/mol. The van der Waals surface area contributed by atoms with Crippen molar-refractivity contribution in [1.82, 2.24) is 15.2 Å². The van der Waals surface area contributed by atoms with E-state index >= 15 is 0 Å². The Hall–Kier alpha value is -1.40. The first kappa shape index (κ1) is 12.7. The van der Waals surface area contributed by atoms with Crippen molar-refractivity contribution in [3.05, 3.63) is 17.5 Å². The van der Waals surface area contributed by atoms with Crippen molar-refractivity contribution in [3.63, 3.8) is 0 Å². The zero-order valence-electron chi connectivity index (χ0n) is 10.0. The molecule has 0 amide bonds. The van der Waals surface area contributed by atoms with Gasteiger partial charge in [-0.3, -0.25) is 9.67 Å². The van der Waals surface area contributed by atoms with E-state index in [9.17, 15) is 0 Å². The molecule has 0 aromatic carbocycles. The highest BCUT2D eigenvalue weighted by Crippen LogP contribution is 2.04. The molecular formula is C10H19N5O. The Balaban J connectivity index is 2.89. The number of aromatic nitrogens is 2. The van der Waals surface area contributed by atoms with E-state index in [1.807, 2.05) is 24.6 Å². The number of methoxy groups -OCH3 is 1. The number of nitrogens with two attached hydrogens (primary N) is 1. The second-order valence-corrected chi connectivity index (χ2v) is 3.35. The van der Waals surface area contributed by atoms with E-state index in [-0.39, 0.29) is 0 Å². The highest BCUT2D eigenvalue weighted by molar-refractivity contribution is 5.97. The van der Waals surface area contributed by atoms with Gasteiger partial charge in [0.1, 0.15) is 5.69 Å². The fraction of sp³-hybridized carbons (Fsp3) is 0.600. The van der Waals surface area contributed by atoms with Gasteiger partial charge in [-0.2, -0.15) is 5.10 Å². The molecule has 6 heteroatoms. The third-order valence-corrected chi connectivity index (χ3v) is 2.15. The van der Waals surface area contributed by atoms with Crippen LogP contribution in [0.25, 0.3) is 0 Å². The second-order valence-electron chi connectivity index (χ2n) is 3.35. The first-order chi connectivity index (χ1) is 7.72. The highest BCUT2D eigenvalue weighted by Gasteiger charge is 2.09. The molecule has 0 aliphatic heterocycles. The molecule has 0 bridgehead atoms. The van der Waals surface area contributed by atoms with Gasteiger partial charge in [-0.25, -0.2) is 5.84 Å². The van der Waals surface area contributed by atoms with Gasteiger partial charge in [0.2, 0.25) is 0 Å². The first-order valence-electron chi connectivity index (χ1n) is 5.27. The van der Waals surface area contributed by atoms with Crippen molar-refractivity contribution < 1.29 is 4.74 Å². The van der Waals surface area contributed by atoms with E-state index in [2.05, 4.69) is 15.5 Å². The zero-order chi connectivity index (χ0) is 12.0. The number of rotatable bonds is 5.